The molecule has 0 aliphatic heterocycles. The third kappa shape index (κ3) is 2.95. The second-order valence-electron chi connectivity index (χ2n) is 3.17. The van der Waals surface area contributed by atoms with Crippen molar-refractivity contribution in [2.75, 3.05) is 7.11 Å². The smallest absolute Gasteiger partial charge is 0.354 e. The van der Waals surface area contributed by atoms with Gasteiger partial charge in [-0.1, -0.05) is 0 Å². The fourth-order valence-corrected chi connectivity index (χ4v) is 1.94. The molecular weight excluding hydrogens is 254 g/mol. The summed E-state index contributed by atoms with van der Waals surface area (Å²) in [5.74, 6) is -0.607. The Hall–Kier alpha value is -2.15. The van der Waals surface area contributed by atoms with Crippen LogP contribution in [0.25, 0.3) is 0 Å². The van der Waals surface area contributed by atoms with Gasteiger partial charge in [0.25, 0.3) is 0 Å². The third-order valence-corrected chi connectivity index (χ3v) is 2.85. The van der Waals surface area contributed by atoms with Gasteiger partial charge in [-0.15, -0.1) is 0 Å². The van der Waals surface area contributed by atoms with E-state index < -0.39 is 5.97 Å². The standard InChI is InChI=1S/C11H9N3O3S/c1-17-9-3-5-13-11(14-9)18-7-2-4-12-8(6-7)10(15)16/h2-6H,1H3,(H,15,16). The van der Waals surface area contributed by atoms with Gasteiger partial charge in [0.05, 0.1) is 7.11 Å². The molecule has 2 aromatic heterocycles. The molecule has 2 aromatic rings. The Labute approximate surface area is 107 Å². The number of nitrogens with zero attached hydrogens (tertiary/aromatic N) is 3. The maximum atomic E-state index is 10.8. The minimum Gasteiger partial charge on any atom is -0.481 e. The third-order valence-electron chi connectivity index (χ3n) is 1.98. The zero-order chi connectivity index (χ0) is 13.0. The van der Waals surface area contributed by atoms with Gasteiger partial charge < -0.3 is 9.84 Å². The van der Waals surface area contributed by atoms with Gasteiger partial charge in [-0.05, 0) is 23.9 Å². The average Bonchev–Trinajstić information content (AvgIpc) is 2.39. The number of rotatable bonds is 4. The van der Waals surface area contributed by atoms with E-state index in [0.29, 0.717) is 15.9 Å². The molecule has 7 heteroatoms. The molecule has 0 saturated heterocycles. The van der Waals surface area contributed by atoms with Crippen molar-refractivity contribution in [3.63, 3.8) is 0 Å². The maximum absolute atomic E-state index is 10.8. The molecule has 0 saturated carbocycles. The number of carboxylic acid groups (broad SMARTS) is 1. The van der Waals surface area contributed by atoms with Crippen molar-refractivity contribution in [1.82, 2.24) is 15.0 Å². The number of ether oxygens (including phenoxy) is 1. The molecule has 92 valence electrons. The first-order valence-electron chi connectivity index (χ1n) is 4.93. The van der Waals surface area contributed by atoms with E-state index in [1.54, 1.807) is 18.3 Å². The maximum Gasteiger partial charge on any atom is 0.354 e. The first-order valence-corrected chi connectivity index (χ1v) is 5.75. The van der Waals surface area contributed by atoms with Gasteiger partial charge in [0.1, 0.15) is 5.69 Å². The highest BCUT2D eigenvalue weighted by molar-refractivity contribution is 7.99. The molecule has 0 bridgehead atoms. The molecule has 2 heterocycles. The minimum atomic E-state index is -1.07. The number of methoxy groups -OCH3 is 1. The predicted octanol–water partition coefficient (Wildman–Crippen LogP) is 1.73. The van der Waals surface area contributed by atoms with E-state index in [2.05, 4.69) is 15.0 Å². The van der Waals surface area contributed by atoms with Gasteiger partial charge >= 0.3 is 5.97 Å². The fourth-order valence-electron chi connectivity index (χ4n) is 1.19. The zero-order valence-corrected chi connectivity index (χ0v) is 10.2. The van der Waals surface area contributed by atoms with E-state index in [4.69, 9.17) is 9.84 Å². The van der Waals surface area contributed by atoms with Crippen molar-refractivity contribution in [3.8, 4) is 5.88 Å². The molecule has 0 aromatic carbocycles. The fraction of sp³-hybridized carbons (Fsp3) is 0.0909. The van der Waals surface area contributed by atoms with E-state index in [-0.39, 0.29) is 5.69 Å². The number of aromatic nitrogens is 3. The largest absolute Gasteiger partial charge is 0.481 e. The summed E-state index contributed by atoms with van der Waals surface area (Å²) in [6, 6.07) is 4.80. The van der Waals surface area contributed by atoms with Crippen LogP contribution in [0.15, 0.2) is 40.6 Å². The van der Waals surface area contributed by atoms with Crippen LogP contribution in [0.4, 0.5) is 0 Å². The molecule has 6 nitrogen and oxygen atoms in total. The number of carboxylic acids is 1. The molecule has 0 radical (unpaired) electrons. The van der Waals surface area contributed by atoms with E-state index >= 15 is 0 Å². The Morgan fingerprint density at radius 1 is 1.33 bits per heavy atom. The average molecular weight is 263 g/mol. The lowest BCUT2D eigenvalue weighted by molar-refractivity contribution is 0.0690. The predicted molar refractivity (Wildman–Crippen MR) is 63.9 cm³/mol. The van der Waals surface area contributed by atoms with E-state index in [9.17, 15) is 4.79 Å². The molecule has 0 aliphatic carbocycles. The normalized spacial score (nSPS) is 10.1. The number of pyridine rings is 1. The van der Waals surface area contributed by atoms with Gasteiger partial charge in [0, 0.05) is 23.4 Å². The Morgan fingerprint density at radius 2 is 2.11 bits per heavy atom. The lowest BCUT2D eigenvalue weighted by atomic mass is 10.4. The lowest BCUT2D eigenvalue weighted by Gasteiger charge is -2.02. The van der Waals surface area contributed by atoms with Gasteiger partial charge in [-0.25, -0.2) is 14.8 Å². The zero-order valence-electron chi connectivity index (χ0n) is 9.40. The van der Waals surface area contributed by atoms with Crippen molar-refractivity contribution in [2.45, 2.75) is 10.1 Å². The SMILES string of the molecule is COc1ccnc(Sc2ccnc(C(=O)O)c2)n1. The minimum absolute atomic E-state index is 0.0112. The van der Waals surface area contributed by atoms with Crippen LogP contribution in [0.1, 0.15) is 10.5 Å². The van der Waals surface area contributed by atoms with Crippen LogP contribution < -0.4 is 4.74 Å². The van der Waals surface area contributed by atoms with E-state index in [0.717, 1.165) is 0 Å². The monoisotopic (exact) mass is 263 g/mol. The van der Waals surface area contributed by atoms with Crippen LogP contribution in [0.5, 0.6) is 5.88 Å². The van der Waals surface area contributed by atoms with Crippen LogP contribution in [0, 0.1) is 0 Å². The number of hydrogen-bond acceptors (Lipinski definition) is 6. The Kier molecular flexibility index (Phi) is 3.73. The van der Waals surface area contributed by atoms with Crippen molar-refractivity contribution in [1.29, 1.82) is 0 Å². The van der Waals surface area contributed by atoms with Crippen LogP contribution in [0.3, 0.4) is 0 Å². The van der Waals surface area contributed by atoms with E-state index in [1.807, 2.05) is 0 Å². The van der Waals surface area contributed by atoms with Gasteiger partial charge in [0.15, 0.2) is 5.16 Å². The first kappa shape index (κ1) is 12.3. The lowest BCUT2D eigenvalue weighted by Crippen LogP contribution is -1.99. The van der Waals surface area contributed by atoms with Crippen LogP contribution in [0.2, 0.25) is 0 Å². The van der Waals surface area contributed by atoms with Gasteiger partial charge in [-0.3, -0.25) is 0 Å². The van der Waals surface area contributed by atoms with Crippen molar-refractivity contribution in [3.05, 3.63) is 36.3 Å². The Morgan fingerprint density at radius 3 is 2.83 bits per heavy atom. The quantitative estimate of drug-likeness (QED) is 0.840. The second kappa shape index (κ2) is 5.46. The van der Waals surface area contributed by atoms with E-state index in [1.165, 1.54) is 31.1 Å². The highest BCUT2D eigenvalue weighted by atomic mass is 32.2. The summed E-state index contributed by atoms with van der Waals surface area (Å²) in [6.07, 6.45) is 3.01. The second-order valence-corrected chi connectivity index (χ2v) is 4.21. The molecule has 0 amide bonds. The molecule has 18 heavy (non-hydrogen) atoms. The number of aromatic carboxylic acids is 1. The Balaban J connectivity index is 2.22. The molecule has 0 atom stereocenters. The highest BCUT2D eigenvalue weighted by Gasteiger charge is 2.07. The number of hydrogen-bond donors (Lipinski definition) is 1. The van der Waals surface area contributed by atoms with Crippen molar-refractivity contribution in [2.24, 2.45) is 0 Å². The summed E-state index contributed by atoms with van der Waals surface area (Å²) in [5, 5.41) is 9.32. The molecule has 2 rings (SSSR count). The molecule has 0 spiro atoms. The van der Waals surface area contributed by atoms with Gasteiger partial charge in [-0.2, -0.15) is 4.98 Å². The van der Waals surface area contributed by atoms with Crippen molar-refractivity contribution >= 4 is 17.7 Å². The molecule has 0 aliphatic rings. The number of carbonyl (C=O) groups is 1. The van der Waals surface area contributed by atoms with Crippen LogP contribution in [-0.4, -0.2) is 33.1 Å². The highest BCUT2D eigenvalue weighted by Crippen LogP contribution is 2.25. The van der Waals surface area contributed by atoms with Gasteiger partial charge in [0.2, 0.25) is 5.88 Å². The molecule has 0 fully saturated rings. The van der Waals surface area contributed by atoms with Crippen LogP contribution >= 0.6 is 11.8 Å². The van der Waals surface area contributed by atoms with Crippen molar-refractivity contribution < 1.29 is 14.6 Å². The summed E-state index contributed by atoms with van der Waals surface area (Å²) >= 11 is 1.24. The molecule has 1 N–H and O–H groups in total. The first-order chi connectivity index (χ1) is 8.69. The van der Waals surface area contributed by atoms with Crippen LogP contribution in [-0.2, 0) is 0 Å². The molecule has 0 unspecified atom stereocenters. The summed E-state index contributed by atoms with van der Waals surface area (Å²) in [7, 11) is 1.52. The topological polar surface area (TPSA) is 85.2 Å². The summed E-state index contributed by atoms with van der Waals surface area (Å²) in [6.45, 7) is 0. The molecular formula is C11H9N3O3S. The summed E-state index contributed by atoms with van der Waals surface area (Å²) < 4.78 is 4.98. The summed E-state index contributed by atoms with van der Waals surface area (Å²) in [5.41, 5.74) is -0.0112. The Bertz CT molecular complexity index is 577. The summed E-state index contributed by atoms with van der Waals surface area (Å²) in [4.78, 5) is 23.4.